The minimum Gasteiger partial charge on any atom is -0.487 e. The maximum Gasteiger partial charge on any atom is 0.161 e. The molecule has 1 aliphatic rings. The quantitative estimate of drug-likeness (QED) is 0.790. The van der Waals surface area contributed by atoms with E-state index in [1.807, 2.05) is 19.9 Å². The Hall–Kier alpha value is -1.18. The van der Waals surface area contributed by atoms with Crippen molar-refractivity contribution in [1.82, 2.24) is 0 Å². The Bertz CT molecular complexity index is 412. The molecule has 0 saturated heterocycles. The monoisotopic (exact) mass is 248 g/mol. The Morgan fingerprint density at radius 1 is 1.11 bits per heavy atom. The van der Waals surface area contributed by atoms with Gasteiger partial charge >= 0.3 is 0 Å². The average Bonchev–Trinajstić information content (AvgIpc) is 3.02. The SMILES string of the molecule is CC(C)Oc1ccc(C(C)(C)C)cc1OC1CC1. The maximum atomic E-state index is 5.97. The van der Waals surface area contributed by atoms with Gasteiger partial charge in [-0.2, -0.15) is 0 Å². The minimum absolute atomic E-state index is 0.137. The summed E-state index contributed by atoms with van der Waals surface area (Å²) in [5, 5.41) is 0. The highest BCUT2D eigenvalue weighted by Crippen LogP contribution is 2.37. The summed E-state index contributed by atoms with van der Waals surface area (Å²) in [7, 11) is 0. The highest BCUT2D eigenvalue weighted by atomic mass is 16.5. The zero-order valence-electron chi connectivity index (χ0n) is 12.1. The van der Waals surface area contributed by atoms with E-state index >= 15 is 0 Å². The summed E-state index contributed by atoms with van der Waals surface area (Å²) < 4.78 is 11.8. The first kappa shape index (κ1) is 13.3. The summed E-state index contributed by atoms with van der Waals surface area (Å²) >= 11 is 0. The van der Waals surface area contributed by atoms with Gasteiger partial charge < -0.3 is 9.47 Å². The first-order chi connectivity index (χ1) is 8.36. The predicted molar refractivity (Wildman–Crippen MR) is 74.6 cm³/mol. The second kappa shape index (κ2) is 4.83. The molecular weight excluding hydrogens is 224 g/mol. The second-order valence-corrected chi connectivity index (χ2v) is 6.40. The van der Waals surface area contributed by atoms with Gasteiger partial charge in [0.25, 0.3) is 0 Å². The van der Waals surface area contributed by atoms with Gasteiger partial charge in [-0.25, -0.2) is 0 Å². The highest BCUT2D eigenvalue weighted by molar-refractivity contribution is 5.45. The van der Waals surface area contributed by atoms with E-state index in [9.17, 15) is 0 Å². The van der Waals surface area contributed by atoms with Crippen LogP contribution in [-0.2, 0) is 5.41 Å². The average molecular weight is 248 g/mol. The number of ether oxygens (including phenoxy) is 2. The van der Waals surface area contributed by atoms with Crippen molar-refractivity contribution in [1.29, 1.82) is 0 Å². The van der Waals surface area contributed by atoms with Crippen LogP contribution in [0.4, 0.5) is 0 Å². The van der Waals surface area contributed by atoms with Crippen LogP contribution in [-0.4, -0.2) is 12.2 Å². The molecule has 1 aromatic rings. The van der Waals surface area contributed by atoms with Gasteiger partial charge in [-0.1, -0.05) is 26.8 Å². The molecule has 0 aliphatic heterocycles. The fourth-order valence-corrected chi connectivity index (χ4v) is 1.78. The van der Waals surface area contributed by atoms with Crippen molar-refractivity contribution >= 4 is 0 Å². The van der Waals surface area contributed by atoms with Crippen LogP contribution in [0.5, 0.6) is 11.5 Å². The van der Waals surface area contributed by atoms with Crippen molar-refractivity contribution in [2.45, 2.75) is 65.1 Å². The lowest BCUT2D eigenvalue weighted by molar-refractivity contribution is 0.217. The molecule has 0 spiro atoms. The Balaban J connectivity index is 2.28. The van der Waals surface area contributed by atoms with E-state index < -0.39 is 0 Å². The van der Waals surface area contributed by atoms with Crippen LogP contribution in [0.3, 0.4) is 0 Å². The Labute approximate surface area is 110 Å². The van der Waals surface area contributed by atoms with E-state index in [2.05, 4.69) is 32.9 Å². The van der Waals surface area contributed by atoms with Gasteiger partial charge in [0.15, 0.2) is 11.5 Å². The van der Waals surface area contributed by atoms with Crippen molar-refractivity contribution in [3.8, 4) is 11.5 Å². The number of hydrogen-bond donors (Lipinski definition) is 0. The predicted octanol–water partition coefficient (Wildman–Crippen LogP) is 4.31. The van der Waals surface area contributed by atoms with Gasteiger partial charge in [0, 0.05) is 0 Å². The zero-order chi connectivity index (χ0) is 13.3. The molecule has 2 rings (SSSR count). The summed E-state index contributed by atoms with van der Waals surface area (Å²) in [6.07, 6.45) is 2.91. The van der Waals surface area contributed by atoms with E-state index in [-0.39, 0.29) is 11.5 Å². The normalized spacial score (nSPS) is 15.9. The molecule has 100 valence electrons. The van der Waals surface area contributed by atoms with E-state index in [4.69, 9.17) is 9.47 Å². The molecule has 0 heterocycles. The van der Waals surface area contributed by atoms with Gasteiger partial charge in [0.2, 0.25) is 0 Å². The Morgan fingerprint density at radius 3 is 2.28 bits per heavy atom. The van der Waals surface area contributed by atoms with Gasteiger partial charge in [-0.15, -0.1) is 0 Å². The second-order valence-electron chi connectivity index (χ2n) is 6.40. The Morgan fingerprint density at radius 2 is 1.78 bits per heavy atom. The van der Waals surface area contributed by atoms with Crippen molar-refractivity contribution in [3.05, 3.63) is 23.8 Å². The molecule has 1 aromatic carbocycles. The summed E-state index contributed by atoms with van der Waals surface area (Å²) in [5.41, 5.74) is 1.42. The third-order valence-electron chi connectivity index (χ3n) is 2.99. The summed E-state index contributed by atoms with van der Waals surface area (Å²) in [5.74, 6) is 1.77. The molecule has 0 atom stereocenters. The van der Waals surface area contributed by atoms with Crippen LogP contribution in [0.1, 0.15) is 53.0 Å². The molecule has 2 heteroatoms. The van der Waals surface area contributed by atoms with Gasteiger partial charge in [0.05, 0.1) is 12.2 Å². The third kappa shape index (κ3) is 3.41. The smallest absolute Gasteiger partial charge is 0.161 e. The fourth-order valence-electron chi connectivity index (χ4n) is 1.78. The molecular formula is C16H24O2. The van der Waals surface area contributed by atoms with Crippen molar-refractivity contribution in [3.63, 3.8) is 0 Å². The topological polar surface area (TPSA) is 18.5 Å². The molecule has 2 nitrogen and oxygen atoms in total. The fraction of sp³-hybridized carbons (Fsp3) is 0.625. The summed E-state index contributed by atoms with van der Waals surface area (Å²) in [6, 6.07) is 6.31. The molecule has 1 fully saturated rings. The lowest BCUT2D eigenvalue weighted by Crippen LogP contribution is -2.13. The van der Waals surface area contributed by atoms with Crippen LogP contribution in [0.2, 0.25) is 0 Å². The number of rotatable bonds is 4. The first-order valence-electron chi connectivity index (χ1n) is 6.84. The molecule has 18 heavy (non-hydrogen) atoms. The molecule has 0 aromatic heterocycles. The third-order valence-corrected chi connectivity index (χ3v) is 2.99. The van der Waals surface area contributed by atoms with E-state index in [1.165, 1.54) is 18.4 Å². The molecule has 0 bridgehead atoms. The Kier molecular flexibility index (Phi) is 3.56. The van der Waals surface area contributed by atoms with Crippen LogP contribution in [0.15, 0.2) is 18.2 Å². The molecule has 0 radical (unpaired) electrons. The van der Waals surface area contributed by atoms with Gasteiger partial charge in [0.1, 0.15) is 0 Å². The standard InChI is InChI=1S/C16H24O2/c1-11(2)17-14-9-6-12(16(3,4)5)10-15(14)18-13-7-8-13/h6,9-11,13H,7-8H2,1-5H3. The molecule has 0 unspecified atom stereocenters. The van der Waals surface area contributed by atoms with E-state index in [0.29, 0.717) is 6.10 Å². The molecule has 0 amide bonds. The van der Waals surface area contributed by atoms with Crippen molar-refractivity contribution < 1.29 is 9.47 Å². The lowest BCUT2D eigenvalue weighted by atomic mass is 9.87. The molecule has 1 aliphatic carbocycles. The van der Waals surface area contributed by atoms with Crippen molar-refractivity contribution in [2.24, 2.45) is 0 Å². The number of hydrogen-bond acceptors (Lipinski definition) is 2. The maximum absolute atomic E-state index is 5.97. The van der Waals surface area contributed by atoms with Crippen LogP contribution in [0, 0.1) is 0 Å². The van der Waals surface area contributed by atoms with Crippen LogP contribution < -0.4 is 9.47 Å². The van der Waals surface area contributed by atoms with Crippen LogP contribution >= 0.6 is 0 Å². The van der Waals surface area contributed by atoms with Crippen LogP contribution in [0.25, 0.3) is 0 Å². The highest BCUT2D eigenvalue weighted by Gasteiger charge is 2.26. The molecule has 1 saturated carbocycles. The van der Waals surface area contributed by atoms with E-state index in [1.54, 1.807) is 0 Å². The zero-order valence-corrected chi connectivity index (χ0v) is 12.1. The largest absolute Gasteiger partial charge is 0.487 e. The van der Waals surface area contributed by atoms with Crippen molar-refractivity contribution in [2.75, 3.05) is 0 Å². The number of benzene rings is 1. The lowest BCUT2D eigenvalue weighted by Gasteiger charge is -2.22. The summed E-state index contributed by atoms with van der Waals surface area (Å²) in [6.45, 7) is 10.7. The summed E-state index contributed by atoms with van der Waals surface area (Å²) in [4.78, 5) is 0. The van der Waals surface area contributed by atoms with Gasteiger partial charge in [-0.05, 0) is 49.8 Å². The first-order valence-corrected chi connectivity index (χ1v) is 6.84. The molecule has 0 N–H and O–H groups in total. The van der Waals surface area contributed by atoms with Gasteiger partial charge in [-0.3, -0.25) is 0 Å². The van der Waals surface area contributed by atoms with E-state index in [0.717, 1.165) is 11.5 Å². The minimum atomic E-state index is 0.137.